The van der Waals surface area contributed by atoms with Gasteiger partial charge in [-0.05, 0) is 57.9 Å². The van der Waals surface area contributed by atoms with Gasteiger partial charge in [0.05, 0.1) is 5.69 Å². The number of aromatic nitrogens is 4. The first-order valence-electron chi connectivity index (χ1n) is 7.61. The molecular weight excluding hydrogens is 412 g/mol. The number of anilines is 2. The number of nitrogens with one attached hydrogen (secondary N) is 1. The van der Waals surface area contributed by atoms with E-state index in [4.69, 9.17) is 0 Å². The van der Waals surface area contributed by atoms with Gasteiger partial charge < -0.3 is 5.32 Å². The normalized spacial score (nSPS) is 13.1. The first kappa shape index (κ1) is 16.5. The van der Waals surface area contributed by atoms with Crippen LogP contribution in [0.25, 0.3) is 11.1 Å². The van der Waals surface area contributed by atoms with Gasteiger partial charge in [0, 0.05) is 17.8 Å². The number of aryl methyl sites for hydroxylation is 1. The molecule has 1 N–H and O–H groups in total. The zero-order valence-electron chi connectivity index (χ0n) is 12.8. The summed E-state index contributed by atoms with van der Waals surface area (Å²) >= 11 is 3.11. The molecule has 9 heteroatoms. The molecule has 3 aromatic rings. The van der Waals surface area contributed by atoms with E-state index in [9.17, 15) is 8.28 Å². The zero-order valence-corrected chi connectivity index (χ0v) is 15.2. The minimum absolute atomic E-state index is 0.0465. The molecule has 2 heterocycles. The maximum absolute atomic E-state index is 13.6. The summed E-state index contributed by atoms with van der Waals surface area (Å²) in [5.41, 5.74) is 4.69. The van der Waals surface area contributed by atoms with Crippen molar-refractivity contribution in [1.29, 1.82) is 0 Å². The highest BCUT2D eigenvalue weighted by Gasteiger charge is 2.21. The fraction of sp³-hybridized carbons (Fsp3) is 0.188. The van der Waals surface area contributed by atoms with Crippen molar-refractivity contribution in [3.8, 4) is 11.1 Å². The van der Waals surface area contributed by atoms with E-state index in [1.54, 1.807) is 6.07 Å². The number of hydrogen-bond acceptors (Lipinski definition) is 5. The Balaban J connectivity index is 1.86. The number of pyridine rings is 1. The zero-order chi connectivity index (χ0) is 17.4. The third-order valence-electron chi connectivity index (χ3n) is 4.18. The van der Waals surface area contributed by atoms with Crippen LogP contribution < -0.4 is 5.32 Å². The average Bonchev–Trinajstić information content (AvgIpc) is 3.21. The van der Waals surface area contributed by atoms with Crippen LogP contribution in [-0.4, -0.2) is 19.2 Å². The summed E-state index contributed by atoms with van der Waals surface area (Å²) in [6.45, 7) is 0. The lowest BCUT2D eigenvalue weighted by molar-refractivity contribution is 0.584. The lowest BCUT2D eigenvalue weighted by Crippen LogP contribution is -2.03. The van der Waals surface area contributed by atoms with Gasteiger partial charge in [0.15, 0.2) is 12.3 Å². The van der Waals surface area contributed by atoms with Gasteiger partial charge in [-0.1, -0.05) is 12.1 Å². The summed E-state index contributed by atoms with van der Waals surface area (Å²) in [5.74, 6) is -0.287. The summed E-state index contributed by atoms with van der Waals surface area (Å²) in [4.78, 5) is 7.77. The van der Waals surface area contributed by atoms with E-state index in [1.165, 1.54) is 17.8 Å². The molecule has 128 valence electrons. The van der Waals surface area contributed by atoms with Crippen LogP contribution in [-0.2, 0) is 12.8 Å². The summed E-state index contributed by atoms with van der Waals surface area (Å²) in [6.07, 6.45) is 4.37. The van der Waals surface area contributed by atoms with Crippen molar-refractivity contribution in [2.45, 2.75) is 19.3 Å². The first-order chi connectivity index (χ1) is 12.2. The number of fused-ring (bicyclic) bond motifs is 1. The molecule has 0 saturated carbocycles. The quantitative estimate of drug-likeness (QED) is 0.607. The largest absolute Gasteiger partial charge is 0.323 e. The minimum Gasteiger partial charge on any atom is -0.323 e. The van der Waals surface area contributed by atoms with Crippen LogP contribution in [0, 0.1) is 5.95 Å². The van der Waals surface area contributed by atoms with E-state index >= 15 is 0 Å². The summed E-state index contributed by atoms with van der Waals surface area (Å²) in [6, 6.07) is 7.13. The van der Waals surface area contributed by atoms with E-state index in [1.807, 2.05) is 6.07 Å². The molecule has 0 amide bonds. The molecule has 0 spiro atoms. The van der Waals surface area contributed by atoms with Crippen molar-refractivity contribution in [3.05, 3.63) is 52.3 Å². The molecule has 0 bridgehead atoms. The Bertz CT molecular complexity index is 946. The molecule has 0 atom stereocenters. The van der Waals surface area contributed by atoms with E-state index in [2.05, 4.69) is 42.4 Å². The second-order valence-corrected chi connectivity index (χ2v) is 6.81. The smallest absolute Gasteiger partial charge is 0.239 e. The van der Waals surface area contributed by atoms with Gasteiger partial charge in [0.25, 0.3) is 0 Å². The van der Waals surface area contributed by atoms with Crippen LogP contribution in [0.2, 0.25) is 0 Å². The van der Waals surface area contributed by atoms with E-state index in [0.29, 0.717) is 5.56 Å². The Morgan fingerprint density at radius 3 is 2.92 bits per heavy atom. The molecule has 0 unspecified atom stereocenters. The Kier molecular flexibility index (Phi) is 4.43. The minimum atomic E-state index is -0.547. The average molecular weight is 424 g/mol. The maximum atomic E-state index is 13.6. The van der Waals surface area contributed by atoms with Crippen molar-refractivity contribution >= 4 is 39.9 Å². The van der Waals surface area contributed by atoms with Gasteiger partial charge in [-0.2, -0.15) is 9.37 Å². The molecule has 1 aliphatic carbocycles. The Hall–Kier alpha value is -2.00. The second kappa shape index (κ2) is 6.72. The molecule has 1 aliphatic rings. The predicted octanol–water partition coefficient (Wildman–Crippen LogP) is 4.85. The van der Waals surface area contributed by atoms with E-state index < -0.39 is 5.95 Å². The van der Waals surface area contributed by atoms with Crippen molar-refractivity contribution in [2.24, 2.45) is 0 Å². The van der Waals surface area contributed by atoms with Gasteiger partial charge in [0.1, 0.15) is 0 Å². The maximum Gasteiger partial charge on any atom is 0.239 e. The molecule has 25 heavy (non-hydrogen) atoms. The van der Waals surface area contributed by atoms with Crippen LogP contribution in [0.5, 0.6) is 0 Å². The molecule has 0 saturated heterocycles. The monoisotopic (exact) mass is 423 g/mol. The van der Waals surface area contributed by atoms with Gasteiger partial charge in [-0.3, -0.25) is 0 Å². The lowest BCUT2D eigenvalue weighted by atomic mass is 9.98. The lowest BCUT2D eigenvalue weighted by Gasteiger charge is -2.16. The number of benzene rings is 1. The fourth-order valence-electron chi connectivity index (χ4n) is 3.13. The molecular formula is C16H12BrF2N5S. The summed E-state index contributed by atoms with van der Waals surface area (Å²) in [7, 11) is 0. The van der Waals surface area contributed by atoms with Crippen LogP contribution >= 0.6 is 28.3 Å². The molecule has 2 aromatic heterocycles. The van der Waals surface area contributed by atoms with Gasteiger partial charge in [0.2, 0.25) is 16.6 Å². The second-order valence-electron chi connectivity index (χ2n) is 5.62. The predicted molar refractivity (Wildman–Crippen MR) is 96.8 cm³/mol. The third-order valence-corrected chi connectivity index (χ3v) is 4.90. The van der Waals surface area contributed by atoms with Crippen LogP contribution in [0.15, 0.2) is 35.2 Å². The topological polar surface area (TPSA) is 55.6 Å². The Labute approximate surface area is 155 Å². The van der Waals surface area contributed by atoms with Crippen LogP contribution in [0.3, 0.4) is 0 Å². The van der Waals surface area contributed by atoms with Crippen molar-refractivity contribution < 1.29 is 8.28 Å². The SMILES string of the molecule is FSn1nc(Br)nc1Nc1c(-c2ccnc(F)c2)ccc2c1CCC2. The number of hydrogen-bond donors (Lipinski definition) is 1. The molecule has 0 radical (unpaired) electrons. The fourth-order valence-corrected chi connectivity index (χ4v) is 3.82. The highest BCUT2D eigenvalue weighted by molar-refractivity contribution is 9.10. The molecule has 0 aliphatic heterocycles. The van der Waals surface area contributed by atoms with Crippen LogP contribution in [0.1, 0.15) is 17.5 Å². The standard InChI is InChI=1S/C16H12BrF2N5S/c17-15-22-16(24(23-15)25-19)21-14-11-3-1-2-9(11)4-5-12(14)10-6-7-20-13(18)8-10/h4-8H,1-3H2,(H,21,22,23). The highest BCUT2D eigenvalue weighted by Crippen LogP contribution is 2.39. The number of halogens is 3. The first-order valence-corrected chi connectivity index (χ1v) is 9.07. The Morgan fingerprint density at radius 2 is 2.12 bits per heavy atom. The van der Waals surface area contributed by atoms with Gasteiger partial charge >= 0.3 is 0 Å². The van der Waals surface area contributed by atoms with Crippen molar-refractivity contribution in [3.63, 3.8) is 0 Å². The summed E-state index contributed by atoms with van der Waals surface area (Å²) in [5, 5.41) is 7.10. The summed E-state index contributed by atoms with van der Waals surface area (Å²) < 4.78 is 28.0. The van der Waals surface area contributed by atoms with E-state index in [0.717, 1.165) is 40.2 Å². The van der Waals surface area contributed by atoms with Crippen LogP contribution in [0.4, 0.5) is 19.9 Å². The molecule has 4 rings (SSSR count). The molecule has 5 nitrogen and oxygen atoms in total. The Morgan fingerprint density at radius 1 is 1.24 bits per heavy atom. The number of rotatable bonds is 4. The third kappa shape index (κ3) is 3.13. The van der Waals surface area contributed by atoms with Crippen molar-refractivity contribution in [1.82, 2.24) is 19.2 Å². The highest BCUT2D eigenvalue weighted by atomic mass is 79.9. The molecule has 1 aromatic carbocycles. The molecule has 0 fully saturated rings. The van der Waals surface area contributed by atoms with Gasteiger partial charge in [-0.15, -0.1) is 13.1 Å². The van der Waals surface area contributed by atoms with Crippen molar-refractivity contribution in [2.75, 3.05) is 5.32 Å². The van der Waals surface area contributed by atoms with E-state index in [-0.39, 0.29) is 23.0 Å². The number of nitrogens with zero attached hydrogens (tertiary/aromatic N) is 4. The van der Waals surface area contributed by atoms with Gasteiger partial charge in [-0.25, -0.2) is 4.98 Å².